The van der Waals surface area contributed by atoms with Gasteiger partial charge < -0.3 is 19.3 Å². The van der Waals surface area contributed by atoms with Gasteiger partial charge >= 0.3 is 0 Å². The van der Waals surface area contributed by atoms with Crippen LogP contribution in [0.4, 0.5) is 0 Å². The first-order valence-corrected chi connectivity index (χ1v) is 6.92. The molecule has 1 N–H and O–H groups in total. The monoisotopic (exact) mass is 268 g/mol. The van der Waals surface area contributed by atoms with Crippen LogP contribution in [0.5, 0.6) is 17.2 Å². The van der Waals surface area contributed by atoms with Crippen LogP contribution in [-0.2, 0) is 0 Å². The standard InChI is InChI=1S/C15H24O4/c1-5-12(16)15-13(18-7-3)9-11(17-6-2)10-14(15)19-8-4/h9-10,12,16H,5-8H2,1-4H3. The first-order valence-electron chi connectivity index (χ1n) is 6.92. The lowest BCUT2D eigenvalue weighted by atomic mass is 10.0. The molecule has 1 aromatic carbocycles. The summed E-state index contributed by atoms with van der Waals surface area (Å²) in [5.74, 6) is 1.96. The van der Waals surface area contributed by atoms with Crippen LogP contribution in [-0.4, -0.2) is 24.9 Å². The average molecular weight is 268 g/mol. The van der Waals surface area contributed by atoms with Gasteiger partial charge in [0.1, 0.15) is 17.2 Å². The Labute approximate surface area is 115 Å². The van der Waals surface area contributed by atoms with Gasteiger partial charge in [-0.05, 0) is 27.2 Å². The maximum atomic E-state index is 10.2. The van der Waals surface area contributed by atoms with Crippen molar-refractivity contribution < 1.29 is 19.3 Å². The summed E-state index contributed by atoms with van der Waals surface area (Å²) in [4.78, 5) is 0. The molecule has 0 aromatic heterocycles. The molecule has 1 unspecified atom stereocenters. The molecule has 0 spiro atoms. The Bertz CT molecular complexity index is 363. The third-order valence-electron chi connectivity index (χ3n) is 2.71. The Morgan fingerprint density at radius 2 is 1.37 bits per heavy atom. The molecule has 1 aromatic rings. The molecule has 108 valence electrons. The predicted molar refractivity (Wildman–Crippen MR) is 75.2 cm³/mol. The molecular formula is C15H24O4. The van der Waals surface area contributed by atoms with E-state index in [9.17, 15) is 5.11 Å². The first kappa shape index (κ1) is 15.6. The van der Waals surface area contributed by atoms with E-state index in [0.29, 0.717) is 49.1 Å². The second-order valence-electron chi connectivity index (χ2n) is 4.06. The summed E-state index contributed by atoms with van der Waals surface area (Å²) in [6, 6.07) is 3.62. The molecule has 0 bridgehead atoms. The van der Waals surface area contributed by atoms with E-state index >= 15 is 0 Å². The van der Waals surface area contributed by atoms with Crippen molar-refractivity contribution in [2.45, 2.75) is 40.2 Å². The Morgan fingerprint density at radius 1 is 0.895 bits per heavy atom. The SMILES string of the molecule is CCOc1cc(OCC)c(C(O)CC)c(OCC)c1. The highest BCUT2D eigenvalue weighted by Crippen LogP contribution is 2.39. The van der Waals surface area contributed by atoms with Crippen LogP contribution in [0.25, 0.3) is 0 Å². The molecule has 0 heterocycles. The summed E-state index contributed by atoms with van der Waals surface area (Å²) in [5.41, 5.74) is 0.703. The Balaban J connectivity index is 3.27. The van der Waals surface area contributed by atoms with E-state index in [-0.39, 0.29) is 0 Å². The summed E-state index contributed by atoms with van der Waals surface area (Å²) >= 11 is 0. The van der Waals surface area contributed by atoms with Crippen molar-refractivity contribution in [3.05, 3.63) is 17.7 Å². The lowest BCUT2D eigenvalue weighted by Gasteiger charge is -2.20. The van der Waals surface area contributed by atoms with Crippen LogP contribution >= 0.6 is 0 Å². The minimum Gasteiger partial charge on any atom is -0.494 e. The first-order chi connectivity index (χ1) is 9.17. The number of benzene rings is 1. The van der Waals surface area contributed by atoms with Gasteiger partial charge in [0.2, 0.25) is 0 Å². The fourth-order valence-electron chi connectivity index (χ4n) is 1.91. The van der Waals surface area contributed by atoms with Crippen LogP contribution in [0.1, 0.15) is 45.8 Å². The van der Waals surface area contributed by atoms with E-state index in [1.807, 2.05) is 39.8 Å². The molecule has 0 aliphatic carbocycles. The van der Waals surface area contributed by atoms with E-state index in [2.05, 4.69) is 0 Å². The molecule has 19 heavy (non-hydrogen) atoms. The lowest BCUT2D eigenvalue weighted by Crippen LogP contribution is -2.07. The lowest BCUT2D eigenvalue weighted by molar-refractivity contribution is 0.161. The summed E-state index contributed by atoms with van der Waals surface area (Å²) in [5, 5.41) is 10.2. The largest absolute Gasteiger partial charge is 0.494 e. The second-order valence-corrected chi connectivity index (χ2v) is 4.06. The van der Waals surface area contributed by atoms with Crippen molar-refractivity contribution in [3.8, 4) is 17.2 Å². The van der Waals surface area contributed by atoms with E-state index in [1.165, 1.54) is 0 Å². The second kappa shape index (κ2) is 7.89. The Kier molecular flexibility index (Phi) is 6.50. The normalized spacial score (nSPS) is 12.1. The zero-order valence-corrected chi connectivity index (χ0v) is 12.2. The third-order valence-corrected chi connectivity index (χ3v) is 2.71. The van der Waals surface area contributed by atoms with Gasteiger partial charge in [-0.1, -0.05) is 6.92 Å². The van der Waals surface area contributed by atoms with Crippen LogP contribution < -0.4 is 14.2 Å². The van der Waals surface area contributed by atoms with Gasteiger partial charge in [0.05, 0.1) is 31.5 Å². The maximum Gasteiger partial charge on any atom is 0.132 e. The molecule has 4 nitrogen and oxygen atoms in total. The molecule has 1 rings (SSSR count). The molecule has 0 amide bonds. The van der Waals surface area contributed by atoms with Gasteiger partial charge in [0, 0.05) is 12.1 Å². The van der Waals surface area contributed by atoms with Gasteiger partial charge in [0.25, 0.3) is 0 Å². The van der Waals surface area contributed by atoms with Crippen molar-refractivity contribution in [3.63, 3.8) is 0 Å². The van der Waals surface area contributed by atoms with E-state index in [0.717, 1.165) is 0 Å². The van der Waals surface area contributed by atoms with E-state index in [4.69, 9.17) is 14.2 Å². The quantitative estimate of drug-likeness (QED) is 0.785. The van der Waals surface area contributed by atoms with Gasteiger partial charge in [-0.2, -0.15) is 0 Å². The summed E-state index contributed by atoms with van der Waals surface area (Å²) in [6.45, 7) is 9.32. The molecule has 0 aliphatic rings. The van der Waals surface area contributed by atoms with E-state index < -0.39 is 6.10 Å². The molecule has 1 atom stereocenters. The van der Waals surface area contributed by atoms with E-state index in [1.54, 1.807) is 0 Å². The summed E-state index contributed by atoms with van der Waals surface area (Å²) in [7, 11) is 0. The van der Waals surface area contributed by atoms with Gasteiger partial charge in [0.15, 0.2) is 0 Å². The van der Waals surface area contributed by atoms with Crippen molar-refractivity contribution >= 4 is 0 Å². The fourth-order valence-corrected chi connectivity index (χ4v) is 1.91. The molecular weight excluding hydrogens is 244 g/mol. The number of rotatable bonds is 8. The van der Waals surface area contributed by atoms with Crippen LogP contribution in [0.2, 0.25) is 0 Å². The fraction of sp³-hybridized carbons (Fsp3) is 0.600. The van der Waals surface area contributed by atoms with Crippen LogP contribution in [0.3, 0.4) is 0 Å². The number of hydrogen-bond acceptors (Lipinski definition) is 4. The predicted octanol–water partition coefficient (Wildman–Crippen LogP) is 3.33. The number of ether oxygens (including phenoxy) is 3. The van der Waals surface area contributed by atoms with Gasteiger partial charge in [-0.25, -0.2) is 0 Å². The van der Waals surface area contributed by atoms with Crippen molar-refractivity contribution in [1.82, 2.24) is 0 Å². The zero-order valence-electron chi connectivity index (χ0n) is 12.2. The smallest absolute Gasteiger partial charge is 0.132 e. The molecule has 0 saturated heterocycles. The van der Waals surface area contributed by atoms with Crippen LogP contribution in [0.15, 0.2) is 12.1 Å². The topological polar surface area (TPSA) is 47.9 Å². The van der Waals surface area contributed by atoms with Crippen molar-refractivity contribution in [2.75, 3.05) is 19.8 Å². The van der Waals surface area contributed by atoms with Crippen LogP contribution in [0, 0.1) is 0 Å². The third kappa shape index (κ3) is 4.03. The minimum atomic E-state index is -0.598. The zero-order chi connectivity index (χ0) is 14.3. The minimum absolute atomic E-state index is 0.532. The number of hydrogen-bond donors (Lipinski definition) is 1. The highest BCUT2D eigenvalue weighted by molar-refractivity contribution is 5.52. The summed E-state index contributed by atoms with van der Waals surface area (Å²) < 4.78 is 16.7. The number of aliphatic hydroxyl groups is 1. The Hall–Kier alpha value is -1.42. The van der Waals surface area contributed by atoms with Gasteiger partial charge in [-0.15, -0.1) is 0 Å². The molecule has 4 heteroatoms. The Morgan fingerprint density at radius 3 is 1.74 bits per heavy atom. The van der Waals surface area contributed by atoms with Crippen molar-refractivity contribution in [1.29, 1.82) is 0 Å². The molecule has 0 aliphatic heterocycles. The van der Waals surface area contributed by atoms with Crippen molar-refractivity contribution in [2.24, 2.45) is 0 Å². The molecule has 0 radical (unpaired) electrons. The maximum absolute atomic E-state index is 10.2. The highest BCUT2D eigenvalue weighted by Gasteiger charge is 2.20. The van der Waals surface area contributed by atoms with Gasteiger partial charge in [-0.3, -0.25) is 0 Å². The molecule has 0 saturated carbocycles. The highest BCUT2D eigenvalue weighted by atomic mass is 16.5. The molecule has 0 fully saturated rings. The summed E-state index contributed by atoms with van der Waals surface area (Å²) in [6.07, 6.45) is 0.00693. The number of aliphatic hydroxyl groups excluding tert-OH is 1. The average Bonchev–Trinajstić information content (AvgIpc) is 2.39.